The van der Waals surface area contributed by atoms with E-state index in [0.717, 1.165) is 75.2 Å². The molecule has 1 aromatic heterocycles. The number of carbonyl (C=O) groups excluding carboxylic acids is 1. The van der Waals surface area contributed by atoms with Gasteiger partial charge in [0.15, 0.2) is 0 Å². The van der Waals surface area contributed by atoms with Gasteiger partial charge < -0.3 is 15.0 Å². The van der Waals surface area contributed by atoms with E-state index in [0.29, 0.717) is 0 Å². The van der Waals surface area contributed by atoms with E-state index in [1.807, 2.05) is 0 Å². The van der Waals surface area contributed by atoms with Gasteiger partial charge in [-0.2, -0.15) is 0 Å². The van der Waals surface area contributed by atoms with E-state index in [9.17, 15) is 4.79 Å². The Hall–Kier alpha value is -2.60. The van der Waals surface area contributed by atoms with Crippen LogP contribution in [0, 0.1) is 19.8 Å². The van der Waals surface area contributed by atoms with E-state index in [1.165, 1.54) is 16.8 Å². The number of aromatic nitrogens is 2. The molecule has 1 aliphatic heterocycles. The van der Waals surface area contributed by atoms with Crippen molar-refractivity contribution in [3.63, 3.8) is 0 Å². The van der Waals surface area contributed by atoms with E-state index in [1.54, 1.807) is 0 Å². The number of hydrogen-bond donors (Lipinski definition) is 1. The molecule has 1 saturated carbocycles. The molecule has 3 aliphatic rings. The number of aryl methyl sites for hydroxylation is 2. The molecule has 1 N–H and O–H groups in total. The van der Waals surface area contributed by atoms with Crippen molar-refractivity contribution in [1.82, 2.24) is 14.9 Å². The zero-order valence-electron chi connectivity index (χ0n) is 20.1. The summed E-state index contributed by atoms with van der Waals surface area (Å²) in [7, 11) is 0. The van der Waals surface area contributed by atoms with Crippen molar-refractivity contribution in [3.8, 4) is 0 Å². The van der Waals surface area contributed by atoms with Gasteiger partial charge >= 0.3 is 0 Å². The smallest absolute Gasteiger partial charge is 0.223 e. The van der Waals surface area contributed by atoms with Crippen LogP contribution in [0.5, 0.6) is 0 Å². The maximum atomic E-state index is 13.0. The van der Waals surface area contributed by atoms with Crippen LogP contribution in [0.15, 0.2) is 30.4 Å². The fraction of sp³-hybridized carbons (Fsp3) is 0.556. The molecular formula is C27H36N4O2. The van der Waals surface area contributed by atoms with Crippen LogP contribution in [0.25, 0.3) is 16.7 Å². The van der Waals surface area contributed by atoms with Crippen LogP contribution >= 0.6 is 0 Å². The Labute approximate surface area is 196 Å². The molecule has 2 aromatic rings. The largest absolute Gasteiger partial charge is 0.376 e. The van der Waals surface area contributed by atoms with E-state index >= 15 is 0 Å². The molecule has 2 atom stereocenters. The second kappa shape index (κ2) is 9.34. The number of nitrogens with one attached hydrogen (secondary N) is 1. The van der Waals surface area contributed by atoms with Crippen molar-refractivity contribution in [1.29, 1.82) is 0 Å². The van der Waals surface area contributed by atoms with Gasteiger partial charge in [-0.1, -0.05) is 13.0 Å². The first kappa shape index (κ1) is 22.2. The molecule has 5 rings (SSSR count). The SMILES string of the molecule is CCCO[C@H]1CCCC1NC(=O)C1CCN(c2nc3cc(C)c(C)cc3n2C2=CC=C2)CC1. The highest BCUT2D eigenvalue weighted by Crippen LogP contribution is 2.33. The molecule has 0 spiro atoms. The molecule has 1 saturated heterocycles. The van der Waals surface area contributed by atoms with Crippen LogP contribution in [-0.4, -0.2) is 47.3 Å². The summed E-state index contributed by atoms with van der Waals surface area (Å²) < 4.78 is 8.25. The number of hydrogen-bond acceptors (Lipinski definition) is 4. The highest BCUT2D eigenvalue weighted by Gasteiger charge is 2.33. The number of carbonyl (C=O) groups is 1. The summed E-state index contributed by atoms with van der Waals surface area (Å²) in [6.07, 6.45) is 12.5. The molecule has 2 fully saturated rings. The topological polar surface area (TPSA) is 59.4 Å². The Bertz CT molecular complexity index is 1090. The molecule has 0 bridgehead atoms. The normalized spacial score (nSPS) is 23.1. The molecule has 2 aliphatic carbocycles. The number of fused-ring (bicyclic) bond motifs is 1. The van der Waals surface area contributed by atoms with Crippen LogP contribution in [0.3, 0.4) is 0 Å². The summed E-state index contributed by atoms with van der Waals surface area (Å²) in [6, 6.07) is 4.61. The van der Waals surface area contributed by atoms with Gasteiger partial charge in [-0.15, -0.1) is 0 Å². The van der Waals surface area contributed by atoms with Gasteiger partial charge in [0.05, 0.1) is 23.2 Å². The number of rotatable bonds is 7. The molecule has 176 valence electrons. The molecule has 1 amide bonds. The van der Waals surface area contributed by atoms with Crippen molar-refractivity contribution in [2.75, 3.05) is 24.6 Å². The number of ether oxygens (including phenoxy) is 1. The summed E-state index contributed by atoms with van der Waals surface area (Å²) in [4.78, 5) is 20.4. The number of allylic oxidation sites excluding steroid dienone is 4. The Balaban J connectivity index is 1.27. The van der Waals surface area contributed by atoms with Crippen LogP contribution < -0.4 is 10.2 Å². The van der Waals surface area contributed by atoms with E-state index in [4.69, 9.17) is 9.72 Å². The van der Waals surface area contributed by atoms with Gasteiger partial charge in [0, 0.05) is 31.3 Å². The second-order valence-corrected chi connectivity index (χ2v) is 9.84. The lowest BCUT2D eigenvalue weighted by Crippen LogP contribution is -2.47. The average molecular weight is 449 g/mol. The van der Waals surface area contributed by atoms with Crippen molar-refractivity contribution in [2.45, 2.75) is 71.4 Å². The predicted molar refractivity (Wildman–Crippen MR) is 133 cm³/mol. The first-order valence-electron chi connectivity index (χ1n) is 12.6. The molecule has 1 aromatic carbocycles. The number of piperidine rings is 1. The third-order valence-electron chi connectivity index (χ3n) is 7.51. The fourth-order valence-electron chi connectivity index (χ4n) is 5.32. The average Bonchev–Trinajstić information content (AvgIpc) is 3.36. The summed E-state index contributed by atoms with van der Waals surface area (Å²) >= 11 is 0. The lowest BCUT2D eigenvalue weighted by atomic mass is 9.95. The maximum absolute atomic E-state index is 13.0. The molecule has 1 unspecified atom stereocenters. The van der Waals surface area contributed by atoms with Crippen molar-refractivity contribution in [3.05, 3.63) is 41.5 Å². The van der Waals surface area contributed by atoms with E-state index < -0.39 is 0 Å². The quantitative estimate of drug-likeness (QED) is 0.664. The standard InChI is InChI=1S/C27H36N4O2/c1-4-15-33-25-10-6-9-22(25)28-26(32)20-11-13-30(14-12-20)27-29-23-16-18(2)19(3)17-24(23)31(27)21-7-5-8-21/h5,7-8,16-17,20,22,25H,4,6,9-15H2,1-3H3,(H,28,32)/t22?,25-/m0/s1. The lowest BCUT2D eigenvalue weighted by Gasteiger charge is -2.33. The van der Waals surface area contributed by atoms with Crippen LogP contribution in [0.2, 0.25) is 0 Å². The molecule has 6 heteroatoms. The molecular weight excluding hydrogens is 412 g/mol. The van der Waals surface area contributed by atoms with Gasteiger partial charge in [-0.25, -0.2) is 4.98 Å². The Morgan fingerprint density at radius 3 is 2.61 bits per heavy atom. The minimum absolute atomic E-state index is 0.0683. The Kier molecular flexibility index (Phi) is 6.28. The second-order valence-electron chi connectivity index (χ2n) is 9.84. The van der Waals surface area contributed by atoms with Crippen LogP contribution in [0.4, 0.5) is 5.95 Å². The monoisotopic (exact) mass is 448 g/mol. The summed E-state index contributed by atoms with van der Waals surface area (Å²) in [5, 5.41) is 3.32. The molecule has 6 nitrogen and oxygen atoms in total. The zero-order valence-corrected chi connectivity index (χ0v) is 20.1. The van der Waals surface area contributed by atoms with Crippen molar-refractivity contribution in [2.24, 2.45) is 5.92 Å². The van der Waals surface area contributed by atoms with Gasteiger partial charge in [-0.3, -0.25) is 9.36 Å². The molecule has 0 radical (unpaired) electrons. The first-order valence-corrected chi connectivity index (χ1v) is 12.6. The minimum atomic E-state index is 0.0683. The maximum Gasteiger partial charge on any atom is 0.223 e. The highest BCUT2D eigenvalue weighted by atomic mass is 16.5. The number of amides is 1. The van der Waals surface area contributed by atoms with Crippen molar-refractivity contribution >= 4 is 28.6 Å². The summed E-state index contributed by atoms with van der Waals surface area (Å²) in [5.74, 6) is 1.27. The minimum Gasteiger partial charge on any atom is -0.376 e. The molecule has 2 heterocycles. The van der Waals surface area contributed by atoms with Gasteiger partial charge in [-0.05, 0) is 87.8 Å². The van der Waals surface area contributed by atoms with Gasteiger partial charge in [0.2, 0.25) is 11.9 Å². The highest BCUT2D eigenvalue weighted by molar-refractivity contribution is 5.88. The number of imidazole rings is 1. The predicted octanol–water partition coefficient (Wildman–Crippen LogP) is 4.74. The van der Waals surface area contributed by atoms with E-state index in [-0.39, 0.29) is 24.0 Å². The third-order valence-corrected chi connectivity index (χ3v) is 7.51. The van der Waals surface area contributed by atoms with Crippen molar-refractivity contribution < 1.29 is 9.53 Å². The lowest BCUT2D eigenvalue weighted by molar-refractivity contribution is -0.127. The van der Waals surface area contributed by atoms with Crippen LogP contribution in [-0.2, 0) is 9.53 Å². The number of benzene rings is 1. The number of nitrogens with zero attached hydrogens (tertiary/aromatic N) is 3. The van der Waals surface area contributed by atoms with E-state index in [2.05, 4.69) is 65.9 Å². The third kappa shape index (κ3) is 4.33. The molecule has 33 heavy (non-hydrogen) atoms. The first-order chi connectivity index (χ1) is 16.0. The van der Waals surface area contributed by atoms with Gasteiger partial charge in [0.1, 0.15) is 0 Å². The number of anilines is 1. The fourth-order valence-corrected chi connectivity index (χ4v) is 5.32. The summed E-state index contributed by atoms with van der Waals surface area (Å²) in [6.45, 7) is 8.89. The zero-order chi connectivity index (χ0) is 22.9. The summed E-state index contributed by atoms with van der Waals surface area (Å²) in [5.41, 5.74) is 5.91. The van der Waals surface area contributed by atoms with Crippen LogP contribution in [0.1, 0.15) is 56.6 Å². The Morgan fingerprint density at radius 2 is 1.91 bits per heavy atom. The Morgan fingerprint density at radius 1 is 1.15 bits per heavy atom. The van der Waals surface area contributed by atoms with Gasteiger partial charge in [0.25, 0.3) is 0 Å².